The Hall–Kier alpha value is -3.68. The number of rotatable bonds is 7. The smallest absolute Gasteiger partial charge is 0.152 e. The number of aromatic amines is 2. The van der Waals surface area contributed by atoms with Gasteiger partial charge in [0, 0.05) is 43.2 Å². The summed E-state index contributed by atoms with van der Waals surface area (Å²) in [4.78, 5) is 26.9. The van der Waals surface area contributed by atoms with Gasteiger partial charge >= 0.3 is 0 Å². The number of nitrogens with one attached hydrogen (secondary N) is 3. The van der Waals surface area contributed by atoms with Gasteiger partial charge in [-0.2, -0.15) is 5.10 Å². The molecule has 31 heavy (non-hydrogen) atoms. The van der Waals surface area contributed by atoms with E-state index in [1.165, 1.54) is 0 Å². The molecular weight excluding hydrogens is 390 g/mol. The summed E-state index contributed by atoms with van der Waals surface area (Å²) in [5.41, 5.74) is 3.78. The molecular formula is C23H25N7O. The average Bonchev–Trinajstić information content (AvgIpc) is 3.50. The van der Waals surface area contributed by atoms with Crippen LogP contribution in [0.15, 0.2) is 55.1 Å². The summed E-state index contributed by atoms with van der Waals surface area (Å²) in [5.74, 6) is 1.52. The van der Waals surface area contributed by atoms with Gasteiger partial charge < -0.3 is 15.2 Å². The molecule has 0 bridgehead atoms. The van der Waals surface area contributed by atoms with E-state index in [0.717, 1.165) is 59.7 Å². The van der Waals surface area contributed by atoms with Crippen LogP contribution in [0.25, 0.3) is 22.3 Å². The van der Waals surface area contributed by atoms with Crippen molar-refractivity contribution in [1.82, 2.24) is 25.1 Å². The number of ketones is 1. The summed E-state index contributed by atoms with van der Waals surface area (Å²) >= 11 is 0. The lowest BCUT2D eigenvalue weighted by atomic mass is 9.92. The number of piperidine rings is 1. The van der Waals surface area contributed by atoms with Crippen molar-refractivity contribution in [3.05, 3.63) is 55.1 Å². The maximum atomic E-state index is 12.7. The Balaban J connectivity index is 1.18. The zero-order chi connectivity index (χ0) is 21.0. The highest BCUT2D eigenvalue weighted by molar-refractivity contribution is 5.87. The Morgan fingerprint density at radius 2 is 2.19 bits per heavy atom. The molecule has 8 nitrogen and oxygen atoms in total. The van der Waals surface area contributed by atoms with E-state index in [1.807, 2.05) is 42.6 Å². The number of anilines is 2. The third-order valence-electron chi connectivity index (χ3n) is 5.83. The van der Waals surface area contributed by atoms with Crippen LogP contribution >= 0.6 is 0 Å². The van der Waals surface area contributed by atoms with Crippen molar-refractivity contribution in [3.8, 4) is 11.3 Å². The SMILES string of the molecule is O=C(CNc1cccc(-c2ccn[nH]2)c1)C[C@@H]1CCCN(c2ncnc3[nH]ccc23)C1. The lowest BCUT2D eigenvalue weighted by Crippen LogP contribution is -2.37. The lowest BCUT2D eigenvalue weighted by molar-refractivity contribution is -0.118. The molecule has 1 aliphatic rings. The van der Waals surface area contributed by atoms with Gasteiger partial charge in [0.05, 0.1) is 17.6 Å². The van der Waals surface area contributed by atoms with Crippen molar-refractivity contribution in [2.75, 3.05) is 29.9 Å². The summed E-state index contributed by atoms with van der Waals surface area (Å²) < 4.78 is 0. The van der Waals surface area contributed by atoms with Crippen LogP contribution in [0.1, 0.15) is 19.3 Å². The Kier molecular flexibility index (Phi) is 5.35. The molecule has 8 heteroatoms. The first kappa shape index (κ1) is 19.3. The van der Waals surface area contributed by atoms with Crippen LogP contribution in [-0.2, 0) is 4.79 Å². The molecule has 0 radical (unpaired) electrons. The number of H-pyrrole nitrogens is 2. The second-order valence-electron chi connectivity index (χ2n) is 8.04. The molecule has 1 atom stereocenters. The van der Waals surface area contributed by atoms with Crippen LogP contribution < -0.4 is 10.2 Å². The lowest BCUT2D eigenvalue weighted by Gasteiger charge is -2.33. The van der Waals surface area contributed by atoms with Gasteiger partial charge in [-0.3, -0.25) is 9.89 Å². The second-order valence-corrected chi connectivity index (χ2v) is 8.04. The topological polar surface area (TPSA) is 103 Å². The number of carbonyl (C=O) groups is 1. The highest BCUT2D eigenvalue weighted by Crippen LogP contribution is 2.28. The predicted octanol–water partition coefficient (Wildman–Crippen LogP) is 3.64. The van der Waals surface area contributed by atoms with Gasteiger partial charge in [0.15, 0.2) is 5.78 Å². The minimum atomic E-state index is 0.230. The van der Waals surface area contributed by atoms with Gasteiger partial charge in [0.1, 0.15) is 17.8 Å². The van der Waals surface area contributed by atoms with Gasteiger partial charge in [-0.1, -0.05) is 12.1 Å². The normalized spacial score (nSPS) is 16.5. The maximum Gasteiger partial charge on any atom is 0.152 e. The zero-order valence-corrected chi connectivity index (χ0v) is 17.2. The summed E-state index contributed by atoms with van der Waals surface area (Å²) in [6.45, 7) is 2.14. The molecule has 3 N–H and O–H groups in total. The molecule has 1 aliphatic heterocycles. The van der Waals surface area contributed by atoms with E-state index in [0.29, 0.717) is 18.9 Å². The molecule has 1 saturated heterocycles. The first-order valence-corrected chi connectivity index (χ1v) is 10.6. The van der Waals surface area contributed by atoms with Crippen molar-refractivity contribution in [3.63, 3.8) is 0 Å². The van der Waals surface area contributed by atoms with E-state index in [-0.39, 0.29) is 5.78 Å². The Bertz CT molecular complexity index is 1170. The van der Waals surface area contributed by atoms with Crippen LogP contribution in [0.5, 0.6) is 0 Å². The fourth-order valence-electron chi connectivity index (χ4n) is 4.34. The van der Waals surface area contributed by atoms with E-state index < -0.39 is 0 Å². The van der Waals surface area contributed by atoms with Crippen molar-refractivity contribution in [1.29, 1.82) is 0 Å². The number of Topliss-reactive ketones (excluding diaryl/α,β-unsaturated/α-hetero) is 1. The number of carbonyl (C=O) groups excluding carboxylic acids is 1. The van der Waals surface area contributed by atoms with Crippen molar-refractivity contribution in [2.45, 2.75) is 19.3 Å². The number of aromatic nitrogens is 5. The van der Waals surface area contributed by atoms with Crippen LogP contribution in [-0.4, -0.2) is 50.6 Å². The number of hydrogen-bond acceptors (Lipinski definition) is 6. The number of hydrogen-bond donors (Lipinski definition) is 3. The fraction of sp³-hybridized carbons (Fsp3) is 0.304. The highest BCUT2D eigenvalue weighted by atomic mass is 16.1. The molecule has 158 valence electrons. The van der Waals surface area contributed by atoms with E-state index in [2.05, 4.69) is 35.4 Å². The molecule has 4 aromatic rings. The van der Waals surface area contributed by atoms with Crippen molar-refractivity contribution in [2.24, 2.45) is 5.92 Å². The number of benzene rings is 1. The zero-order valence-electron chi connectivity index (χ0n) is 17.2. The Morgan fingerprint density at radius 1 is 1.23 bits per heavy atom. The molecule has 4 heterocycles. The van der Waals surface area contributed by atoms with Crippen LogP contribution in [0, 0.1) is 5.92 Å². The van der Waals surface area contributed by atoms with E-state index >= 15 is 0 Å². The largest absolute Gasteiger partial charge is 0.378 e. The summed E-state index contributed by atoms with van der Waals surface area (Å²) in [7, 11) is 0. The van der Waals surface area contributed by atoms with Gasteiger partial charge in [0.2, 0.25) is 0 Å². The number of fused-ring (bicyclic) bond motifs is 1. The maximum absolute atomic E-state index is 12.7. The summed E-state index contributed by atoms with van der Waals surface area (Å²) in [6, 6.07) is 11.9. The fourth-order valence-corrected chi connectivity index (χ4v) is 4.34. The predicted molar refractivity (Wildman–Crippen MR) is 121 cm³/mol. The third kappa shape index (κ3) is 4.28. The minimum Gasteiger partial charge on any atom is -0.378 e. The molecule has 0 amide bonds. The molecule has 5 rings (SSSR count). The van der Waals surface area contributed by atoms with Crippen LogP contribution in [0.2, 0.25) is 0 Å². The first-order chi connectivity index (χ1) is 15.3. The molecule has 1 aromatic carbocycles. The molecule has 0 saturated carbocycles. The Morgan fingerprint density at radius 3 is 3.10 bits per heavy atom. The molecule has 0 unspecified atom stereocenters. The number of nitrogens with zero attached hydrogens (tertiary/aromatic N) is 4. The van der Waals surface area contributed by atoms with E-state index in [9.17, 15) is 4.79 Å². The van der Waals surface area contributed by atoms with Crippen LogP contribution in [0.4, 0.5) is 11.5 Å². The van der Waals surface area contributed by atoms with E-state index in [1.54, 1.807) is 12.5 Å². The van der Waals surface area contributed by atoms with Crippen molar-refractivity contribution >= 4 is 28.3 Å². The minimum absolute atomic E-state index is 0.230. The summed E-state index contributed by atoms with van der Waals surface area (Å²) in [6.07, 6.45) is 7.93. The van der Waals surface area contributed by atoms with Gasteiger partial charge in [0.25, 0.3) is 0 Å². The molecule has 3 aromatic heterocycles. The first-order valence-electron chi connectivity index (χ1n) is 10.6. The summed E-state index contributed by atoms with van der Waals surface area (Å²) in [5, 5.41) is 11.3. The second kappa shape index (κ2) is 8.59. The molecule has 0 spiro atoms. The highest BCUT2D eigenvalue weighted by Gasteiger charge is 2.24. The van der Waals surface area contributed by atoms with Crippen molar-refractivity contribution < 1.29 is 4.79 Å². The Labute approximate surface area is 180 Å². The average molecular weight is 416 g/mol. The molecule has 0 aliphatic carbocycles. The third-order valence-corrected chi connectivity index (χ3v) is 5.83. The van der Waals surface area contributed by atoms with E-state index in [4.69, 9.17) is 0 Å². The quantitative estimate of drug-likeness (QED) is 0.426. The van der Waals surface area contributed by atoms with Gasteiger partial charge in [-0.15, -0.1) is 0 Å². The van der Waals surface area contributed by atoms with Crippen LogP contribution in [0.3, 0.4) is 0 Å². The monoisotopic (exact) mass is 415 g/mol. The molecule has 1 fully saturated rings. The van der Waals surface area contributed by atoms with Gasteiger partial charge in [-0.05, 0) is 43.0 Å². The standard InChI is InChI=1S/C23H25N7O/c31-19(13-25-18-5-1-4-17(12-18)21-7-9-28-29-21)11-16-3-2-10-30(14-16)23-20-6-8-24-22(20)26-15-27-23/h1,4-9,12,15-16,25H,2-3,10-11,13-14H2,(H,28,29)(H,24,26,27)/t16-/m0/s1. The van der Waals surface area contributed by atoms with Gasteiger partial charge in [-0.25, -0.2) is 9.97 Å².